The molecule has 6 heteroatoms. The van der Waals surface area contributed by atoms with Gasteiger partial charge in [0.15, 0.2) is 0 Å². The van der Waals surface area contributed by atoms with Crippen LogP contribution in [0.3, 0.4) is 0 Å². The van der Waals surface area contributed by atoms with Gasteiger partial charge in [-0.1, -0.05) is 37.3 Å². The van der Waals surface area contributed by atoms with Crippen LogP contribution in [0.25, 0.3) is 10.4 Å². The summed E-state index contributed by atoms with van der Waals surface area (Å²) < 4.78 is 5.43. The molecule has 4 rings (SSSR count). The van der Waals surface area contributed by atoms with Crippen molar-refractivity contribution in [2.45, 2.75) is 45.9 Å². The fourth-order valence-electron chi connectivity index (χ4n) is 4.27. The van der Waals surface area contributed by atoms with E-state index in [0.717, 1.165) is 38.4 Å². The molecule has 5 nitrogen and oxygen atoms in total. The van der Waals surface area contributed by atoms with Gasteiger partial charge in [0.25, 0.3) is 0 Å². The molecule has 1 atom stereocenters. The molecule has 0 bridgehead atoms. The third kappa shape index (κ3) is 5.19. The summed E-state index contributed by atoms with van der Waals surface area (Å²) in [6, 6.07) is 17.2. The van der Waals surface area contributed by atoms with Crippen molar-refractivity contribution < 1.29 is 9.53 Å². The van der Waals surface area contributed by atoms with E-state index in [-0.39, 0.29) is 12.1 Å². The predicted octanol–water partition coefficient (Wildman–Crippen LogP) is 5.48. The Labute approximate surface area is 194 Å². The van der Waals surface area contributed by atoms with Crippen molar-refractivity contribution in [2.24, 2.45) is 0 Å². The first-order valence-corrected chi connectivity index (χ1v) is 12.2. The van der Waals surface area contributed by atoms with Crippen molar-refractivity contribution >= 4 is 23.1 Å². The Bertz CT molecular complexity index is 1020. The van der Waals surface area contributed by atoms with Gasteiger partial charge in [-0.05, 0) is 61.5 Å². The van der Waals surface area contributed by atoms with Gasteiger partial charge in [0.05, 0.1) is 6.10 Å². The van der Waals surface area contributed by atoms with Gasteiger partial charge in [0.1, 0.15) is 11.4 Å². The van der Waals surface area contributed by atoms with Crippen LogP contribution in [0.15, 0.2) is 60.1 Å². The van der Waals surface area contributed by atoms with Crippen LogP contribution in [-0.4, -0.2) is 47.6 Å². The predicted molar refractivity (Wildman–Crippen MR) is 131 cm³/mol. The number of carbonyl (C=O) groups is 1. The van der Waals surface area contributed by atoms with Gasteiger partial charge in [-0.15, -0.1) is 11.3 Å². The van der Waals surface area contributed by atoms with Gasteiger partial charge in [-0.2, -0.15) is 0 Å². The van der Waals surface area contributed by atoms with Crippen molar-refractivity contribution in [3.05, 3.63) is 71.2 Å². The topological polar surface area (TPSA) is 45.7 Å². The number of hydrogen-bond acceptors (Lipinski definition) is 6. The van der Waals surface area contributed by atoms with E-state index < -0.39 is 0 Å². The van der Waals surface area contributed by atoms with Gasteiger partial charge >= 0.3 is 5.97 Å². The van der Waals surface area contributed by atoms with Gasteiger partial charge in [0.2, 0.25) is 0 Å². The quantitative estimate of drug-likeness (QED) is 0.426. The van der Waals surface area contributed by atoms with Crippen LogP contribution in [0.4, 0.5) is 5.82 Å². The Hall–Kier alpha value is -2.70. The summed E-state index contributed by atoms with van der Waals surface area (Å²) in [7, 11) is 0. The van der Waals surface area contributed by atoms with Gasteiger partial charge < -0.3 is 9.64 Å². The lowest BCUT2D eigenvalue weighted by Gasteiger charge is -2.28. The highest BCUT2D eigenvalue weighted by molar-refractivity contribution is 7.13. The highest BCUT2D eigenvalue weighted by Gasteiger charge is 2.30. The number of thiophene rings is 1. The molecule has 3 heterocycles. The first kappa shape index (κ1) is 22.5. The largest absolute Gasteiger partial charge is 0.459 e. The molecule has 1 aromatic carbocycles. The Balaban J connectivity index is 1.43. The second-order valence-electron chi connectivity index (χ2n) is 8.45. The van der Waals surface area contributed by atoms with E-state index in [1.165, 1.54) is 16.0 Å². The number of aromatic nitrogens is 1. The number of pyridine rings is 1. The summed E-state index contributed by atoms with van der Waals surface area (Å²) in [5.41, 5.74) is 3.15. The Morgan fingerprint density at radius 2 is 2.03 bits per heavy atom. The third-order valence-corrected chi connectivity index (χ3v) is 6.80. The average Bonchev–Trinajstić information content (AvgIpc) is 3.50. The molecule has 0 N–H and O–H groups in total. The summed E-state index contributed by atoms with van der Waals surface area (Å²) in [6.07, 6.45) is 2.65. The normalized spacial score (nSPS) is 16.2. The van der Waals surface area contributed by atoms with E-state index in [0.29, 0.717) is 11.6 Å². The molecule has 0 saturated carbocycles. The van der Waals surface area contributed by atoms with Crippen LogP contribution in [0.2, 0.25) is 0 Å². The molecule has 1 saturated heterocycles. The summed E-state index contributed by atoms with van der Waals surface area (Å²) in [4.78, 5) is 23.1. The highest BCUT2D eigenvalue weighted by Crippen LogP contribution is 2.28. The number of anilines is 1. The number of likely N-dealkylation sites (N-methyl/N-ethyl adjacent to an activating group) is 1. The van der Waals surface area contributed by atoms with Gasteiger partial charge in [0, 0.05) is 36.8 Å². The molecule has 2 aromatic heterocycles. The molecule has 0 aliphatic carbocycles. The van der Waals surface area contributed by atoms with Crippen molar-refractivity contribution in [3.63, 3.8) is 0 Å². The molecule has 1 aliphatic rings. The zero-order valence-corrected chi connectivity index (χ0v) is 19.8. The smallest absolute Gasteiger partial charge is 0.342 e. The minimum Gasteiger partial charge on any atom is -0.459 e. The summed E-state index contributed by atoms with van der Waals surface area (Å²) in [5, 5.41) is 2.11. The number of hydrogen-bond donors (Lipinski definition) is 0. The van der Waals surface area contributed by atoms with Crippen LogP contribution in [-0.2, 0) is 11.3 Å². The van der Waals surface area contributed by atoms with E-state index in [1.807, 2.05) is 19.9 Å². The second-order valence-corrected chi connectivity index (χ2v) is 9.40. The molecule has 0 unspecified atom stereocenters. The highest BCUT2D eigenvalue weighted by atomic mass is 32.1. The van der Waals surface area contributed by atoms with Crippen LogP contribution < -0.4 is 4.90 Å². The number of carbonyl (C=O) groups excluding carboxylic acids is 1. The maximum Gasteiger partial charge on any atom is 0.342 e. The molecule has 0 radical (unpaired) electrons. The number of nitrogens with zero attached hydrogens (tertiary/aromatic N) is 3. The maximum atomic E-state index is 12.6. The maximum absolute atomic E-state index is 12.6. The minimum atomic E-state index is -0.301. The monoisotopic (exact) mass is 449 g/mol. The molecule has 0 amide bonds. The first-order valence-electron chi connectivity index (χ1n) is 11.3. The number of esters is 1. The summed E-state index contributed by atoms with van der Waals surface area (Å²) in [6.45, 7) is 9.60. The number of benzene rings is 1. The standard InChI is InChI=1S/C26H31N3O2S/c1-4-28(17-20-9-11-21(12-10-20)24-8-6-16-32-24)22-13-15-29(18-22)25-23(7-5-14-27-25)26(30)31-19(2)3/h5-12,14,16,19,22H,4,13,15,17-18H2,1-3H3/t22-/m1/s1. The van der Waals surface area contributed by atoms with E-state index >= 15 is 0 Å². The SMILES string of the molecule is CCN(Cc1ccc(-c2cccs2)cc1)[C@@H]1CCN(c2ncccc2C(=O)OC(C)C)C1. The van der Waals surface area contributed by atoms with E-state index in [4.69, 9.17) is 4.74 Å². The second kappa shape index (κ2) is 10.3. The average molecular weight is 450 g/mol. The van der Waals surface area contributed by atoms with Crippen molar-refractivity contribution in [2.75, 3.05) is 24.5 Å². The van der Waals surface area contributed by atoms with Crippen molar-refractivity contribution in [1.29, 1.82) is 0 Å². The molecule has 3 aromatic rings. The number of ether oxygens (including phenoxy) is 1. The minimum absolute atomic E-state index is 0.149. The molecule has 1 fully saturated rings. The summed E-state index contributed by atoms with van der Waals surface area (Å²) >= 11 is 1.77. The summed E-state index contributed by atoms with van der Waals surface area (Å²) in [5.74, 6) is 0.432. The van der Waals surface area contributed by atoms with Crippen LogP contribution in [0.5, 0.6) is 0 Å². The Kier molecular flexibility index (Phi) is 7.22. The van der Waals surface area contributed by atoms with E-state index in [1.54, 1.807) is 23.6 Å². The Morgan fingerprint density at radius 3 is 2.72 bits per heavy atom. The van der Waals surface area contributed by atoms with E-state index in [2.05, 4.69) is 63.5 Å². The van der Waals surface area contributed by atoms with E-state index in [9.17, 15) is 4.79 Å². The fraction of sp³-hybridized carbons (Fsp3) is 0.385. The number of rotatable bonds is 8. The molecule has 0 spiro atoms. The lowest BCUT2D eigenvalue weighted by molar-refractivity contribution is 0.0378. The van der Waals surface area contributed by atoms with Crippen LogP contribution in [0.1, 0.15) is 43.1 Å². The third-order valence-electron chi connectivity index (χ3n) is 5.88. The van der Waals surface area contributed by atoms with Gasteiger partial charge in [-0.3, -0.25) is 4.90 Å². The van der Waals surface area contributed by atoms with Gasteiger partial charge in [-0.25, -0.2) is 9.78 Å². The Morgan fingerprint density at radius 1 is 1.22 bits per heavy atom. The van der Waals surface area contributed by atoms with Crippen LogP contribution in [0, 0.1) is 0 Å². The molecular formula is C26H31N3O2S. The fourth-order valence-corrected chi connectivity index (χ4v) is 5.00. The lowest BCUT2D eigenvalue weighted by atomic mass is 10.1. The zero-order chi connectivity index (χ0) is 22.5. The molecular weight excluding hydrogens is 418 g/mol. The first-order chi connectivity index (χ1) is 15.5. The zero-order valence-electron chi connectivity index (χ0n) is 19.0. The van der Waals surface area contributed by atoms with Crippen molar-refractivity contribution in [3.8, 4) is 10.4 Å². The molecule has 168 valence electrons. The van der Waals surface area contributed by atoms with Crippen molar-refractivity contribution in [1.82, 2.24) is 9.88 Å². The molecule has 32 heavy (non-hydrogen) atoms. The van der Waals surface area contributed by atoms with Crippen LogP contribution >= 0.6 is 11.3 Å². The molecule has 1 aliphatic heterocycles. The lowest BCUT2D eigenvalue weighted by Crippen LogP contribution is -2.37.